The van der Waals surface area contributed by atoms with Crippen LogP contribution in [0.4, 0.5) is 5.69 Å². The lowest BCUT2D eigenvalue weighted by Gasteiger charge is -2.28. The summed E-state index contributed by atoms with van der Waals surface area (Å²) in [6.07, 6.45) is 2.77. The van der Waals surface area contributed by atoms with Crippen molar-refractivity contribution in [2.24, 2.45) is 5.92 Å². The molecule has 1 aromatic carbocycles. The van der Waals surface area contributed by atoms with E-state index in [1.54, 1.807) is 0 Å². The first-order valence-electron chi connectivity index (χ1n) is 8.61. The van der Waals surface area contributed by atoms with Crippen molar-refractivity contribution in [3.63, 3.8) is 0 Å². The Balaban J connectivity index is 1.52. The summed E-state index contributed by atoms with van der Waals surface area (Å²) in [6.45, 7) is 3.01. The highest BCUT2D eigenvalue weighted by Gasteiger charge is 2.17. The molecule has 1 aliphatic heterocycles. The Morgan fingerprint density at radius 1 is 1.20 bits per heavy atom. The first kappa shape index (κ1) is 20.3. The Morgan fingerprint density at radius 2 is 1.88 bits per heavy atom. The molecule has 0 aliphatic carbocycles. The molecule has 1 aromatic rings. The number of nitrogens with one attached hydrogen (secondary N) is 2. The van der Waals surface area contributed by atoms with Gasteiger partial charge in [-0.25, -0.2) is 0 Å². The van der Waals surface area contributed by atoms with Gasteiger partial charge in [-0.3, -0.25) is 9.59 Å². The highest BCUT2D eigenvalue weighted by molar-refractivity contribution is 9.10. The largest absolute Gasteiger partial charge is 0.356 e. The van der Waals surface area contributed by atoms with Crippen molar-refractivity contribution in [3.05, 3.63) is 28.7 Å². The molecular weight excluding hydrogens is 402 g/mol. The molecule has 2 N–H and O–H groups in total. The fraction of sp³-hybridized carbons (Fsp3) is 0.556. The monoisotopic (exact) mass is 427 g/mol. The van der Waals surface area contributed by atoms with E-state index in [9.17, 15) is 9.59 Å². The zero-order valence-electron chi connectivity index (χ0n) is 14.6. The van der Waals surface area contributed by atoms with Gasteiger partial charge in [-0.05, 0) is 63.2 Å². The van der Waals surface area contributed by atoms with Gasteiger partial charge >= 0.3 is 0 Å². The molecule has 2 amide bonds. The van der Waals surface area contributed by atoms with Crippen molar-refractivity contribution < 1.29 is 9.59 Å². The van der Waals surface area contributed by atoms with E-state index in [0.29, 0.717) is 23.8 Å². The predicted molar refractivity (Wildman–Crippen MR) is 108 cm³/mol. The van der Waals surface area contributed by atoms with Crippen molar-refractivity contribution in [1.82, 2.24) is 10.2 Å². The summed E-state index contributed by atoms with van der Waals surface area (Å²) in [6, 6.07) is 7.47. The molecule has 7 heteroatoms. The first-order valence-corrected chi connectivity index (χ1v) is 10.6. The molecule has 25 heavy (non-hydrogen) atoms. The molecule has 0 radical (unpaired) electrons. The van der Waals surface area contributed by atoms with Crippen LogP contribution in [0.2, 0.25) is 0 Å². The summed E-state index contributed by atoms with van der Waals surface area (Å²) in [4.78, 5) is 26.1. The molecule has 1 saturated heterocycles. The number of benzene rings is 1. The number of hydrogen-bond acceptors (Lipinski definition) is 4. The van der Waals surface area contributed by atoms with Crippen molar-refractivity contribution >= 4 is 45.2 Å². The van der Waals surface area contributed by atoms with Crippen molar-refractivity contribution in [3.8, 4) is 0 Å². The van der Waals surface area contributed by atoms with Crippen LogP contribution in [-0.4, -0.2) is 54.9 Å². The summed E-state index contributed by atoms with van der Waals surface area (Å²) >= 11 is 4.85. The molecule has 1 heterocycles. The van der Waals surface area contributed by atoms with Crippen LogP contribution in [0.25, 0.3) is 0 Å². The van der Waals surface area contributed by atoms with Gasteiger partial charge in [0.2, 0.25) is 11.8 Å². The van der Waals surface area contributed by atoms with Gasteiger partial charge in [-0.15, -0.1) is 0 Å². The van der Waals surface area contributed by atoms with Crippen LogP contribution in [0.5, 0.6) is 0 Å². The quantitative estimate of drug-likeness (QED) is 0.625. The minimum Gasteiger partial charge on any atom is -0.356 e. The number of piperidine rings is 1. The van der Waals surface area contributed by atoms with Gasteiger partial charge in [-0.2, -0.15) is 11.8 Å². The highest BCUT2D eigenvalue weighted by atomic mass is 79.9. The lowest BCUT2D eigenvalue weighted by atomic mass is 9.97. The standard InChI is InChI=1S/C18H26BrN3O2S/c1-22-9-6-14(7-10-22)12-20-17(23)8-11-25-13-18(24)21-16-4-2-15(19)3-5-16/h2-5,14H,6-13H2,1H3,(H,20,23)(H,21,24). The Morgan fingerprint density at radius 3 is 2.56 bits per heavy atom. The molecule has 0 bridgehead atoms. The third-order valence-electron chi connectivity index (χ3n) is 4.26. The Labute approximate surface area is 162 Å². The number of thioether (sulfide) groups is 1. The van der Waals surface area contributed by atoms with Crippen LogP contribution in [0.15, 0.2) is 28.7 Å². The van der Waals surface area contributed by atoms with E-state index in [0.717, 1.165) is 42.6 Å². The molecule has 5 nitrogen and oxygen atoms in total. The van der Waals surface area contributed by atoms with Crippen LogP contribution in [0.3, 0.4) is 0 Å². The van der Waals surface area contributed by atoms with Gasteiger partial charge in [0.15, 0.2) is 0 Å². The summed E-state index contributed by atoms with van der Waals surface area (Å²) in [5.74, 6) is 1.66. The molecule has 2 rings (SSSR count). The van der Waals surface area contributed by atoms with Gasteiger partial charge < -0.3 is 15.5 Å². The third-order valence-corrected chi connectivity index (χ3v) is 5.75. The maximum atomic E-state index is 11.9. The summed E-state index contributed by atoms with van der Waals surface area (Å²) in [7, 11) is 2.14. The van der Waals surface area contributed by atoms with Gasteiger partial charge in [0.1, 0.15) is 0 Å². The Kier molecular flexibility index (Phi) is 8.78. The average molecular weight is 428 g/mol. The van der Waals surface area contributed by atoms with Crippen molar-refractivity contribution in [2.75, 3.05) is 43.5 Å². The molecule has 0 aromatic heterocycles. The number of nitrogens with zero attached hydrogens (tertiary/aromatic N) is 1. The molecule has 0 atom stereocenters. The van der Waals surface area contributed by atoms with Crippen LogP contribution in [-0.2, 0) is 9.59 Å². The number of rotatable bonds is 8. The fourth-order valence-corrected chi connectivity index (χ4v) is 3.67. The summed E-state index contributed by atoms with van der Waals surface area (Å²) < 4.78 is 0.978. The van der Waals surface area contributed by atoms with Crippen molar-refractivity contribution in [2.45, 2.75) is 19.3 Å². The smallest absolute Gasteiger partial charge is 0.234 e. The lowest BCUT2D eigenvalue weighted by Crippen LogP contribution is -2.36. The van der Waals surface area contributed by atoms with Crippen molar-refractivity contribution in [1.29, 1.82) is 0 Å². The second-order valence-electron chi connectivity index (χ2n) is 6.41. The van der Waals surface area contributed by atoms with Crippen LogP contribution >= 0.6 is 27.7 Å². The molecule has 1 fully saturated rings. The fourth-order valence-electron chi connectivity index (χ4n) is 2.67. The van der Waals surface area contributed by atoms with E-state index >= 15 is 0 Å². The molecule has 0 spiro atoms. The van der Waals surface area contributed by atoms with E-state index in [1.165, 1.54) is 11.8 Å². The molecular formula is C18H26BrN3O2S. The first-order chi connectivity index (χ1) is 12.0. The molecule has 1 aliphatic rings. The topological polar surface area (TPSA) is 61.4 Å². The second kappa shape index (κ2) is 10.8. The molecule has 138 valence electrons. The lowest BCUT2D eigenvalue weighted by molar-refractivity contribution is -0.121. The zero-order chi connectivity index (χ0) is 18.1. The number of carbonyl (C=O) groups excluding carboxylic acids is 2. The number of amides is 2. The third kappa shape index (κ3) is 8.25. The minimum absolute atomic E-state index is 0.0425. The van der Waals surface area contributed by atoms with Gasteiger partial charge in [-0.1, -0.05) is 15.9 Å². The van der Waals surface area contributed by atoms with Gasteiger partial charge in [0.05, 0.1) is 5.75 Å². The van der Waals surface area contributed by atoms with Crippen LogP contribution in [0, 0.1) is 5.92 Å². The highest BCUT2D eigenvalue weighted by Crippen LogP contribution is 2.15. The maximum Gasteiger partial charge on any atom is 0.234 e. The molecule has 0 unspecified atom stereocenters. The average Bonchev–Trinajstić information content (AvgIpc) is 2.60. The Hall–Kier alpha value is -1.05. The summed E-state index contributed by atoms with van der Waals surface area (Å²) in [5.41, 5.74) is 0.782. The molecule has 0 saturated carbocycles. The van der Waals surface area contributed by atoms with Crippen LogP contribution < -0.4 is 10.6 Å². The second-order valence-corrected chi connectivity index (χ2v) is 8.43. The van der Waals surface area contributed by atoms with Gasteiger partial charge in [0.25, 0.3) is 0 Å². The number of likely N-dealkylation sites (tertiary alicyclic amines) is 1. The van der Waals surface area contributed by atoms with E-state index in [4.69, 9.17) is 0 Å². The predicted octanol–water partition coefficient (Wildman–Crippen LogP) is 2.97. The van der Waals surface area contributed by atoms with E-state index < -0.39 is 0 Å². The zero-order valence-corrected chi connectivity index (χ0v) is 17.0. The van der Waals surface area contributed by atoms with E-state index in [1.807, 2.05) is 24.3 Å². The normalized spacial score (nSPS) is 15.8. The number of anilines is 1. The van der Waals surface area contributed by atoms with Crippen LogP contribution in [0.1, 0.15) is 19.3 Å². The SMILES string of the molecule is CN1CCC(CNC(=O)CCSCC(=O)Nc2ccc(Br)cc2)CC1. The number of halogens is 1. The minimum atomic E-state index is -0.0425. The maximum absolute atomic E-state index is 11.9. The number of hydrogen-bond donors (Lipinski definition) is 2. The summed E-state index contributed by atoms with van der Waals surface area (Å²) in [5, 5.41) is 5.87. The van der Waals surface area contributed by atoms with E-state index in [-0.39, 0.29) is 11.8 Å². The Bertz CT molecular complexity index is 560. The number of carbonyl (C=O) groups is 2. The van der Waals surface area contributed by atoms with E-state index in [2.05, 4.69) is 38.5 Å². The van der Waals surface area contributed by atoms with Gasteiger partial charge in [0, 0.05) is 28.9 Å².